The Morgan fingerprint density at radius 1 is 0.966 bits per heavy atom. The van der Waals surface area contributed by atoms with Crippen LogP contribution < -0.4 is 14.4 Å². The van der Waals surface area contributed by atoms with Crippen LogP contribution in [0.5, 0.6) is 11.5 Å². The molecular weight excluding hydrogens is 370 g/mol. The highest BCUT2D eigenvalue weighted by Crippen LogP contribution is 2.38. The number of allylic oxidation sites excluding steroid dienone is 2. The van der Waals surface area contributed by atoms with Crippen molar-refractivity contribution in [2.24, 2.45) is 11.8 Å². The average Bonchev–Trinajstić information content (AvgIpc) is 3.02. The van der Waals surface area contributed by atoms with Crippen LogP contribution in [-0.4, -0.2) is 31.3 Å². The fourth-order valence-electron chi connectivity index (χ4n) is 3.80. The van der Waals surface area contributed by atoms with Gasteiger partial charge in [0.15, 0.2) is 12.4 Å². The molecule has 0 bridgehead atoms. The van der Waals surface area contributed by atoms with E-state index in [0.717, 1.165) is 0 Å². The number of ether oxygens (including phenoxy) is 2. The van der Waals surface area contributed by atoms with Crippen molar-refractivity contribution in [1.82, 2.24) is 0 Å². The average molecular weight is 391 g/mol. The molecule has 29 heavy (non-hydrogen) atoms. The van der Waals surface area contributed by atoms with E-state index >= 15 is 0 Å². The van der Waals surface area contributed by atoms with Gasteiger partial charge in [-0.3, -0.25) is 14.4 Å². The molecule has 0 spiro atoms. The molecule has 1 aliphatic heterocycles. The van der Waals surface area contributed by atoms with Crippen LogP contribution in [0.3, 0.4) is 0 Å². The maximum absolute atomic E-state index is 12.7. The van der Waals surface area contributed by atoms with Gasteiger partial charge in [0.25, 0.3) is 0 Å². The second-order valence-corrected chi connectivity index (χ2v) is 7.11. The van der Waals surface area contributed by atoms with E-state index in [9.17, 15) is 14.4 Å². The van der Waals surface area contributed by atoms with Crippen molar-refractivity contribution < 1.29 is 23.9 Å². The van der Waals surface area contributed by atoms with Crippen molar-refractivity contribution in [3.05, 3.63) is 66.2 Å². The number of hydrogen-bond acceptors (Lipinski definition) is 5. The smallest absolute Gasteiger partial charge is 0.238 e. The van der Waals surface area contributed by atoms with Gasteiger partial charge >= 0.3 is 0 Å². The first kappa shape index (κ1) is 18.9. The minimum absolute atomic E-state index is 0.159. The lowest BCUT2D eigenvalue weighted by atomic mass is 9.85. The van der Waals surface area contributed by atoms with Crippen LogP contribution in [-0.2, 0) is 9.59 Å². The van der Waals surface area contributed by atoms with E-state index in [1.54, 1.807) is 55.6 Å². The Labute approximate surface area is 168 Å². The largest absolute Gasteiger partial charge is 0.497 e. The van der Waals surface area contributed by atoms with E-state index in [2.05, 4.69) is 0 Å². The summed E-state index contributed by atoms with van der Waals surface area (Å²) in [6.45, 7) is -0.159. The lowest BCUT2D eigenvalue weighted by Crippen LogP contribution is -2.30. The number of nitrogens with zero attached hydrogens (tertiary/aromatic N) is 1. The van der Waals surface area contributed by atoms with Crippen LogP contribution in [0.4, 0.5) is 5.69 Å². The number of amides is 2. The number of methoxy groups -OCH3 is 1. The number of Topliss-reactive ketones (excluding diaryl/α,β-unsaturated/α-hetero) is 1. The Hall–Kier alpha value is -3.41. The monoisotopic (exact) mass is 391 g/mol. The number of fused-ring (bicyclic) bond motifs is 1. The number of rotatable bonds is 6. The SMILES string of the molecule is COc1cccc(C(=O)COc2cccc(N3C(=O)C4CC=CCC4C3=O)c2)c1. The maximum atomic E-state index is 12.7. The molecule has 0 saturated carbocycles. The van der Waals surface area contributed by atoms with Crippen LogP contribution in [0, 0.1) is 11.8 Å². The van der Waals surface area contributed by atoms with Crippen molar-refractivity contribution in [2.75, 3.05) is 18.6 Å². The predicted molar refractivity (Wildman–Crippen MR) is 107 cm³/mol. The van der Waals surface area contributed by atoms with Crippen molar-refractivity contribution in [2.45, 2.75) is 12.8 Å². The molecule has 1 heterocycles. The standard InChI is InChI=1S/C23H21NO5/c1-28-17-8-4-6-15(12-17)21(25)14-29-18-9-5-7-16(13-18)24-22(26)19-10-2-3-11-20(19)23(24)27/h2-9,12-13,19-20H,10-11,14H2,1H3. The zero-order valence-electron chi connectivity index (χ0n) is 16.0. The Balaban J connectivity index is 1.47. The molecule has 2 aliphatic rings. The molecule has 2 aromatic carbocycles. The van der Waals surface area contributed by atoms with Crippen molar-refractivity contribution in [1.29, 1.82) is 0 Å². The molecule has 0 aromatic heterocycles. The van der Waals surface area contributed by atoms with E-state index in [1.807, 2.05) is 12.2 Å². The quantitative estimate of drug-likeness (QED) is 0.429. The first-order valence-electron chi connectivity index (χ1n) is 9.51. The molecule has 2 atom stereocenters. The molecule has 1 fully saturated rings. The highest BCUT2D eigenvalue weighted by atomic mass is 16.5. The van der Waals surface area contributed by atoms with Gasteiger partial charge in [-0.25, -0.2) is 4.90 Å². The predicted octanol–water partition coefficient (Wildman–Crippen LogP) is 3.41. The Bertz CT molecular complexity index is 970. The number of hydrogen-bond donors (Lipinski definition) is 0. The summed E-state index contributed by atoms with van der Waals surface area (Å²) in [5.74, 6) is -0.0896. The number of imide groups is 1. The van der Waals surface area contributed by atoms with Crippen LogP contribution >= 0.6 is 0 Å². The summed E-state index contributed by atoms with van der Waals surface area (Å²) >= 11 is 0. The second-order valence-electron chi connectivity index (χ2n) is 7.11. The van der Waals surface area contributed by atoms with Gasteiger partial charge in [0.1, 0.15) is 11.5 Å². The lowest BCUT2D eigenvalue weighted by Gasteiger charge is -2.16. The third-order valence-electron chi connectivity index (χ3n) is 5.35. The molecular formula is C23H21NO5. The van der Waals surface area contributed by atoms with Crippen LogP contribution in [0.2, 0.25) is 0 Å². The van der Waals surface area contributed by atoms with Crippen molar-refractivity contribution >= 4 is 23.3 Å². The molecule has 0 radical (unpaired) electrons. The topological polar surface area (TPSA) is 72.9 Å². The Kier molecular flexibility index (Phi) is 5.16. The fourth-order valence-corrected chi connectivity index (χ4v) is 3.80. The number of carbonyl (C=O) groups excluding carboxylic acids is 3. The van der Waals surface area contributed by atoms with E-state index in [0.29, 0.717) is 35.6 Å². The first-order valence-corrected chi connectivity index (χ1v) is 9.51. The summed E-state index contributed by atoms with van der Waals surface area (Å²) in [5, 5.41) is 0. The van der Waals surface area contributed by atoms with Gasteiger partial charge in [0.2, 0.25) is 11.8 Å². The van der Waals surface area contributed by atoms with Crippen molar-refractivity contribution in [3.63, 3.8) is 0 Å². The number of benzene rings is 2. The van der Waals surface area contributed by atoms with Crippen LogP contribution in [0.15, 0.2) is 60.7 Å². The van der Waals surface area contributed by atoms with E-state index < -0.39 is 0 Å². The van der Waals surface area contributed by atoms with E-state index in [1.165, 1.54) is 4.90 Å². The highest BCUT2D eigenvalue weighted by Gasteiger charge is 2.47. The van der Waals surface area contributed by atoms with Gasteiger partial charge < -0.3 is 9.47 Å². The lowest BCUT2D eigenvalue weighted by molar-refractivity contribution is -0.122. The third kappa shape index (κ3) is 3.66. The summed E-state index contributed by atoms with van der Waals surface area (Å²) in [7, 11) is 1.54. The van der Waals surface area contributed by atoms with Crippen LogP contribution in [0.25, 0.3) is 0 Å². The summed E-state index contributed by atoms with van der Waals surface area (Å²) in [6.07, 6.45) is 5.10. The molecule has 1 saturated heterocycles. The van der Waals surface area contributed by atoms with Gasteiger partial charge in [0.05, 0.1) is 24.6 Å². The molecule has 2 amide bonds. The second kappa shape index (κ2) is 7.91. The van der Waals surface area contributed by atoms with Gasteiger partial charge in [-0.1, -0.05) is 30.4 Å². The third-order valence-corrected chi connectivity index (χ3v) is 5.35. The van der Waals surface area contributed by atoms with E-state index in [4.69, 9.17) is 9.47 Å². The summed E-state index contributed by atoms with van der Waals surface area (Å²) < 4.78 is 10.8. The zero-order chi connectivity index (χ0) is 20.4. The minimum Gasteiger partial charge on any atom is -0.497 e. The first-order chi connectivity index (χ1) is 14.1. The Morgan fingerprint density at radius 3 is 2.31 bits per heavy atom. The van der Waals surface area contributed by atoms with E-state index in [-0.39, 0.29) is 36.0 Å². The molecule has 148 valence electrons. The van der Waals surface area contributed by atoms with Gasteiger partial charge in [-0.15, -0.1) is 0 Å². The highest BCUT2D eigenvalue weighted by molar-refractivity contribution is 6.22. The maximum Gasteiger partial charge on any atom is 0.238 e. The number of anilines is 1. The summed E-state index contributed by atoms with van der Waals surface area (Å²) in [5.41, 5.74) is 0.961. The zero-order valence-corrected chi connectivity index (χ0v) is 16.0. The minimum atomic E-state index is -0.285. The molecule has 6 heteroatoms. The fraction of sp³-hybridized carbons (Fsp3) is 0.261. The molecule has 2 unspecified atom stereocenters. The molecule has 0 N–H and O–H groups in total. The molecule has 1 aliphatic carbocycles. The van der Waals surface area contributed by atoms with Crippen LogP contribution in [0.1, 0.15) is 23.2 Å². The summed E-state index contributed by atoms with van der Waals surface area (Å²) in [6, 6.07) is 13.6. The summed E-state index contributed by atoms with van der Waals surface area (Å²) in [4.78, 5) is 39.1. The Morgan fingerprint density at radius 2 is 1.62 bits per heavy atom. The van der Waals surface area contributed by atoms with Crippen molar-refractivity contribution in [3.8, 4) is 11.5 Å². The van der Waals surface area contributed by atoms with Gasteiger partial charge in [0, 0.05) is 11.6 Å². The number of ketones is 1. The molecule has 2 aromatic rings. The number of carbonyl (C=O) groups is 3. The normalized spacial score (nSPS) is 20.5. The molecule has 6 nitrogen and oxygen atoms in total. The van der Waals surface area contributed by atoms with Gasteiger partial charge in [-0.05, 0) is 37.1 Å². The molecule has 4 rings (SSSR count). The van der Waals surface area contributed by atoms with Gasteiger partial charge in [-0.2, -0.15) is 0 Å².